The van der Waals surface area contributed by atoms with Crippen LogP contribution in [0.4, 0.5) is 0 Å². The third-order valence-electron chi connectivity index (χ3n) is 10.8. The zero-order valence-electron chi connectivity index (χ0n) is 29.8. The first kappa shape index (κ1) is 31.1. The average molecular weight is 701 g/mol. The Kier molecular flexibility index (Phi) is 7.14. The van der Waals surface area contributed by atoms with Crippen molar-refractivity contribution in [1.29, 1.82) is 0 Å². The van der Waals surface area contributed by atoms with Gasteiger partial charge in [0.1, 0.15) is 0 Å². The lowest BCUT2D eigenvalue weighted by Crippen LogP contribution is -2.03. The van der Waals surface area contributed by atoms with Crippen molar-refractivity contribution in [3.63, 3.8) is 0 Å². The van der Waals surface area contributed by atoms with Gasteiger partial charge in [-0.05, 0) is 79.8 Å². The van der Waals surface area contributed by atoms with Crippen molar-refractivity contribution in [1.82, 2.24) is 19.5 Å². The van der Waals surface area contributed by atoms with Gasteiger partial charge in [-0.3, -0.25) is 0 Å². The van der Waals surface area contributed by atoms with E-state index < -0.39 is 0 Å². The zero-order valence-corrected chi connectivity index (χ0v) is 29.8. The maximum absolute atomic E-state index is 5.30. The van der Waals surface area contributed by atoms with Crippen molar-refractivity contribution in [2.75, 3.05) is 0 Å². The summed E-state index contributed by atoms with van der Waals surface area (Å²) >= 11 is 0. The molecule has 0 amide bonds. The van der Waals surface area contributed by atoms with Crippen LogP contribution in [0.5, 0.6) is 0 Å². The Labute approximate surface area is 317 Å². The molecule has 0 bridgehead atoms. The molecule has 256 valence electrons. The molecule has 0 saturated carbocycles. The normalized spacial score (nSPS) is 11.6. The highest BCUT2D eigenvalue weighted by molar-refractivity contribution is 6.25. The Morgan fingerprint density at radius 3 is 1.45 bits per heavy atom. The van der Waals surface area contributed by atoms with Gasteiger partial charge in [0.15, 0.2) is 17.5 Å². The Hall–Kier alpha value is -7.43. The smallest absolute Gasteiger partial charge is 0.166 e. The minimum atomic E-state index is 0.620. The van der Waals surface area contributed by atoms with E-state index in [2.05, 4.69) is 180 Å². The molecule has 2 aromatic heterocycles. The third kappa shape index (κ3) is 5.11. The van der Waals surface area contributed by atoms with E-state index in [1.807, 2.05) is 18.2 Å². The molecule has 0 aliphatic heterocycles. The molecular weight excluding hydrogens is 669 g/mol. The summed E-state index contributed by atoms with van der Waals surface area (Å²) < 4.78 is 2.35. The van der Waals surface area contributed by atoms with Gasteiger partial charge in [0.25, 0.3) is 0 Å². The van der Waals surface area contributed by atoms with Crippen LogP contribution in [0.25, 0.3) is 105 Å². The Morgan fingerprint density at radius 2 is 0.745 bits per heavy atom. The maximum Gasteiger partial charge on any atom is 0.166 e. The van der Waals surface area contributed by atoms with Crippen LogP contribution in [-0.4, -0.2) is 19.5 Å². The van der Waals surface area contributed by atoms with Gasteiger partial charge < -0.3 is 4.57 Å². The van der Waals surface area contributed by atoms with Gasteiger partial charge >= 0.3 is 0 Å². The first-order valence-corrected chi connectivity index (χ1v) is 18.6. The summed E-state index contributed by atoms with van der Waals surface area (Å²) in [6.45, 7) is 0. The topological polar surface area (TPSA) is 43.6 Å². The van der Waals surface area contributed by atoms with Crippen LogP contribution in [-0.2, 0) is 0 Å². The average Bonchev–Trinajstić information content (AvgIpc) is 3.60. The van der Waals surface area contributed by atoms with Crippen molar-refractivity contribution in [3.8, 4) is 51.0 Å². The number of nitrogens with zero attached hydrogens (tertiary/aromatic N) is 4. The molecule has 0 fully saturated rings. The highest BCUT2D eigenvalue weighted by atomic mass is 15.1. The molecule has 4 nitrogen and oxygen atoms in total. The summed E-state index contributed by atoms with van der Waals surface area (Å²) in [6, 6.07) is 68.6. The fraction of sp³-hybridized carbons (Fsp3) is 0. The zero-order chi connectivity index (χ0) is 36.3. The molecule has 0 atom stereocenters. The van der Waals surface area contributed by atoms with Gasteiger partial charge in [-0.25, -0.2) is 15.0 Å². The molecule has 0 unspecified atom stereocenters. The number of hydrogen-bond acceptors (Lipinski definition) is 3. The first-order valence-electron chi connectivity index (χ1n) is 18.6. The fourth-order valence-corrected chi connectivity index (χ4v) is 8.29. The summed E-state index contributed by atoms with van der Waals surface area (Å²) in [6.07, 6.45) is 0. The number of benzene rings is 9. The quantitative estimate of drug-likeness (QED) is 0.168. The van der Waals surface area contributed by atoms with Crippen LogP contribution in [0.3, 0.4) is 0 Å². The largest absolute Gasteiger partial charge is 0.309 e. The molecule has 4 heteroatoms. The fourth-order valence-electron chi connectivity index (χ4n) is 8.29. The van der Waals surface area contributed by atoms with Crippen LogP contribution in [0.15, 0.2) is 194 Å². The van der Waals surface area contributed by atoms with E-state index in [0.29, 0.717) is 17.5 Å². The van der Waals surface area contributed by atoms with Gasteiger partial charge in [0.05, 0.1) is 16.7 Å². The third-order valence-corrected chi connectivity index (χ3v) is 10.8. The minimum absolute atomic E-state index is 0.620. The van der Waals surface area contributed by atoms with Crippen LogP contribution in [0.2, 0.25) is 0 Å². The molecule has 0 aliphatic rings. The summed E-state index contributed by atoms with van der Waals surface area (Å²) in [5.41, 5.74) is 8.45. The summed E-state index contributed by atoms with van der Waals surface area (Å²) in [4.78, 5) is 15.6. The number of aromatic nitrogens is 4. The van der Waals surface area contributed by atoms with Gasteiger partial charge in [-0.15, -0.1) is 0 Å². The standard InChI is InChI=1S/C51H32N4/c1-3-15-33(16-4-1)35-28-30-48-45(31-35)42-23-11-13-25-46(42)55(48)47-26-14-12-24-43(47)51-53-49(34-17-5-2-6-18-34)52-50(54-51)36-27-29-41-39-21-8-7-19-37(39)38-20-9-10-22-40(38)44(41)32-36/h1-32H. The van der Waals surface area contributed by atoms with Gasteiger partial charge in [-0.2, -0.15) is 0 Å². The Morgan fingerprint density at radius 1 is 0.273 bits per heavy atom. The van der Waals surface area contributed by atoms with Gasteiger partial charge in [-0.1, -0.05) is 158 Å². The van der Waals surface area contributed by atoms with Crippen molar-refractivity contribution in [3.05, 3.63) is 194 Å². The van der Waals surface area contributed by atoms with Crippen LogP contribution in [0.1, 0.15) is 0 Å². The molecule has 11 rings (SSSR count). The molecule has 11 aromatic rings. The Balaban J connectivity index is 1.14. The molecule has 55 heavy (non-hydrogen) atoms. The van der Waals surface area contributed by atoms with Crippen LogP contribution < -0.4 is 0 Å². The lowest BCUT2D eigenvalue weighted by Gasteiger charge is -2.15. The van der Waals surface area contributed by atoms with E-state index in [1.165, 1.54) is 54.2 Å². The van der Waals surface area contributed by atoms with E-state index in [0.717, 1.165) is 33.4 Å². The number of para-hydroxylation sites is 2. The van der Waals surface area contributed by atoms with Gasteiger partial charge in [0, 0.05) is 27.5 Å². The van der Waals surface area contributed by atoms with Crippen molar-refractivity contribution in [2.45, 2.75) is 0 Å². The number of rotatable bonds is 5. The summed E-state index contributed by atoms with van der Waals surface area (Å²) in [7, 11) is 0. The molecule has 2 heterocycles. The van der Waals surface area contributed by atoms with E-state index in [-0.39, 0.29) is 0 Å². The summed E-state index contributed by atoms with van der Waals surface area (Å²) in [5, 5.41) is 9.72. The second-order valence-electron chi connectivity index (χ2n) is 14.0. The molecule has 0 aliphatic carbocycles. The highest BCUT2D eigenvalue weighted by Gasteiger charge is 2.20. The number of fused-ring (bicyclic) bond motifs is 9. The lowest BCUT2D eigenvalue weighted by molar-refractivity contribution is 1.06. The van der Waals surface area contributed by atoms with E-state index in [9.17, 15) is 0 Å². The molecule has 0 radical (unpaired) electrons. The summed E-state index contributed by atoms with van der Waals surface area (Å²) in [5.74, 6) is 1.89. The molecular formula is C51H32N4. The predicted octanol–water partition coefficient (Wildman–Crippen LogP) is 13.1. The van der Waals surface area contributed by atoms with Crippen molar-refractivity contribution < 1.29 is 0 Å². The van der Waals surface area contributed by atoms with Crippen molar-refractivity contribution >= 4 is 54.1 Å². The molecule has 9 aromatic carbocycles. The van der Waals surface area contributed by atoms with Gasteiger partial charge in [0.2, 0.25) is 0 Å². The van der Waals surface area contributed by atoms with E-state index in [4.69, 9.17) is 15.0 Å². The maximum atomic E-state index is 5.30. The predicted molar refractivity (Wildman–Crippen MR) is 228 cm³/mol. The Bertz CT molecular complexity index is 3220. The second kappa shape index (κ2) is 12.6. The number of hydrogen-bond donors (Lipinski definition) is 0. The van der Waals surface area contributed by atoms with Crippen LogP contribution >= 0.6 is 0 Å². The van der Waals surface area contributed by atoms with Crippen LogP contribution in [0, 0.1) is 0 Å². The first-order chi connectivity index (χ1) is 27.3. The minimum Gasteiger partial charge on any atom is -0.309 e. The van der Waals surface area contributed by atoms with E-state index in [1.54, 1.807) is 0 Å². The monoisotopic (exact) mass is 700 g/mol. The SMILES string of the molecule is c1ccc(-c2ccc3c(c2)c2ccccc2n3-c2ccccc2-c2nc(-c3ccccc3)nc(-c3ccc4c5ccccc5c5ccccc5c4c3)n2)cc1. The highest BCUT2D eigenvalue weighted by Crippen LogP contribution is 2.40. The molecule has 0 N–H and O–H groups in total. The van der Waals surface area contributed by atoms with E-state index >= 15 is 0 Å². The molecule has 0 saturated heterocycles. The lowest BCUT2D eigenvalue weighted by atomic mass is 9.93. The molecule has 0 spiro atoms. The van der Waals surface area contributed by atoms with Crippen molar-refractivity contribution in [2.24, 2.45) is 0 Å². The second-order valence-corrected chi connectivity index (χ2v) is 14.0.